The van der Waals surface area contributed by atoms with Gasteiger partial charge >= 0.3 is 5.97 Å². The molecule has 0 N–H and O–H groups in total. The first-order chi connectivity index (χ1) is 19.3. The largest absolute Gasteiger partial charge is 0.494 e. The van der Waals surface area contributed by atoms with E-state index in [9.17, 15) is 9.59 Å². The van der Waals surface area contributed by atoms with E-state index in [1.807, 2.05) is 50.3 Å². The van der Waals surface area contributed by atoms with Gasteiger partial charge in [-0.25, -0.2) is 9.79 Å². The number of allylic oxidation sites excluding steroid dienone is 1. The second-order valence-corrected chi connectivity index (χ2v) is 10.7. The summed E-state index contributed by atoms with van der Waals surface area (Å²) in [6, 6.07) is 12.3. The molecule has 212 valence electrons. The average Bonchev–Trinajstić information content (AvgIpc) is 3.22. The minimum Gasteiger partial charge on any atom is -0.494 e. The quantitative estimate of drug-likeness (QED) is 0.246. The lowest BCUT2D eigenvalue weighted by molar-refractivity contribution is -0.139. The van der Waals surface area contributed by atoms with Gasteiger partial charge in [0.05, 0.1) is 48.3 Å². The zero-order valence-electron chi connectivity index (χ0n) is 23.9. The van der Waals surface area contributed by atoms with E-state index in [4.69, 9.17) is 18.9 Å². The smallest absolute Gasteiger partial charge is 0.338 e. The van der Waals surface area contributed by atoms with Crippen LogP contribution in [0.5, 0.6) is 17.2 Å². The molecule has 9 heteroatoms. The van der Waals surface area contributed by atoms with Gasteiger partial charge in [-0.3, -0.25) is 9.36 Å². The number of fused-ring (bicyclic) bond motifs is 1. The number of methoxy groups -OCH3 is 1. The van der Waals surface area contributed by atoms with Crippen molar-refractivity contribution in [2.75, 3.05) is 20.3 Å². The molecule has 0 bridgehead atoms. The van der Waals surface area contributed by atoms with Gasteiger partial charge in [-0.1, -0.05) is 42.9 Å². The van der Waals surface area contributed by atoms with Crippen molar-refractivity contribution >= 4 is 23.4 Å². The van der Waals surface area contributed by atoms with Gasteiger partial charge in [0.15, 0.2) is 16.3 Å². The molecule has 1 aliphatic rings. The van der Waals surface area contributed by atoms with E-state index in [1.165, 1.54) is 11.3 Å². The highest BCUT2D eigenvalue weighted by atomic mass is 32.1. The van der Waals surface area contributed by atoms with Crippen LogP contribution in [0.15, 0.2) is 63.5 Å². The van der Waals surface area contributed by atoms with Gasteiger partial charge in [0.25, 0.3) is 5.56 Å². The fourth-order valence-corrected chi connectivity index (χ4v) is 5.54. The molecule has 1 aliphatic heterocycles. The van der Waals surface area contributed by atoms with Crippen molar-refractivity contribution in [1.29, 1.82) is 0 Å². The van der Waals surface area contributed by atoms with Crippen LogP contribution in [-0.2, 0) is 9.53 Å². The molecule has 1 atom stereocenters. The molecule has 0 aliphatic carbocycles. The Labute approximate surface area is 238 Å². The SMILES string of the molecule is CCCCOc1cccc(C=c2sc3n(c2=O)C(c2ccc(OC(C)C)c(OC)c2)C(C(=O)OCC)=C(C)N=3)c1. The first kappa shape index (κ1) is 29.1. The third kappa shape index (κ3) is 6.31. The van der Waals surface area contributed by atoms with Crippen molar-refractivity contribution in [3.8, 4) is 17.2 Å². The van der Waals surface area contributed by atoms with Gasteiger partial charge < -0.3 is 18.9 Å². The molecule has 2 heterocycles. The van der Waals surface area contributed by atoms with Crippen LogP contribution in [0.1, 0.15) is 64.6 Å². The van der Waals surface area contributed by atoms with Gasteiger partial charge in [-0.15, -0.1) is 0 Å². The fourth-order valence-electron chi connectivity index (χ4n) is 4.49. The summed E-state index contributed by atoms with van der Waals surface area (Å²) in [6.07, 6.45) is 3.80. The van der Waals surface area contributed by atoms with E-state index >= 15 is 0 Å². The zero-order chi connectivity index (χ0) is 28.8. The molecule has 0 spiro atoms. The summed E-state index contributed by atoms with van der Waals surface area (Å²) in [4.78, 5) is 32.3. The van der Waals surface area contributed by atoms with Crippen LogP contribution in [-0.4, -0.2) is 37.0 Å². The van der Waals surface area contributed by atoms with Gasteiger partial charge in [0, 0.05) is 0 Å². The van der Waals surface area contributed by atoms with E-state index in [2.05, 4.69) is 11.9 Å². The van der Waals surface area contributed by atoms with Gasteiger partial charge in [-0.2, -0.15) is 0 Å². The molecule has 1 unspecified atom stereocenters. The van der Waals surface area contributed by atoms with Gasteiger partial charge in [-0.05, 0) is 75.6 Å². The first-order valence-corrected chi connectivity index (χ1v) is 14.4. The number of rotatable bonds is 11. The highest BCUT2D eigenvalue weighted by Gasteiger charge is 2.34. The van der Waals surface area contributed by atoms with E-state index < -0.39 is 12.0 Å². The first-order valence-electron chi connectivity index (χ1n) is 13.5. The Morgan fingerprint density at radius 3 is 2.65 bits per heavy atom. The van der Waals surface area contributed by atoms with Crippen molar-refractivity contribution in [1.82, 2.24) is 4.57 Å². The fraction of sp³-hybridized carbons (Fsp3) is 0.387. The Morgan fingerprint density at radius 2 is 1.95 bits per heavy atom. The van der Waals surface area contributed by atoms with E-state index in [0.29, 0.717) is 44.3 Å². The summed E-state index contributed by atoms with van der Waals surface area (Å²) in [6.45, 7) is 10.3. The summed E-state index contributed by atoms with van der Waals surface area (Å²) in [5.74, 6) is 1.32. The molecule has 0 fully saturated rings. The minimum absolute atomic E-state index is 0.0507. The van der Waals surface area contributed by atoms with Crippen LogP contribution >= 0.6 is 11.3 Å². The summed E-state index contributed by atoms with van der Waals surface area (Å²) < 4.78 is 24.8. The van der Waals surface area contributed by atoms with Crippen molar-refractivity contribution in [2.45, 2.75) is 59.6 Å². The number of carbonyl (C=O) groups is 1. The van der Waals surface area contributed by atoms with Crippen LogP contribution in [0.25, 0.3) is 6.08 Å². The summed E-state index contributed by atoms with van der Waals surface area (Å²) in [5.41, 5.74) is 2.09. The molecule has 3 aromatic rings. The van der Waals surface area contributed by atoms with E-state index in [1.54, 1.807) is 37.7 Å². The Balaban J connectivity index is 1.86. The third-order valence-electron chi connectivity index (χ3n) is 6.31. The standard InChI is InChI=1S/C31H36N2O6S/c1-7-9-15-38-23-12-10-11-21(16-23)17-26-29(34)33-28(22-13-14-24(39-19(3)4)25(18-22)36-6)27(30(35)37-8-2)20(5)32-31(33)40-26/h10-14,16-19,28H,7-9,15H2,1-6H3. The number of hydrogen-bond acceptors (Lipinski definition) is 8. The number of nitrogens with zero attached hydrogens (tertiary/aromatic N) is 2. The van der Waals surface area contributed by atoms with E-state index in [0.717, 1.165) is 24.2 Å². The summed E-state index contributed by atoms with van der Waals surface area (Å²) in [7, 11) is 1.56. The highest BCUT2D eigenvalue weighted by Crippen LogP contribution is 2.36. The molecule has 2 aromatic carbocycles. The van der Waals surface area contributed by atoms with Crippen LogP contribution in [0.2, 0.25) is 0 Å². The number of ether oxygens (including phenoxy) is 4. The number of benzene rings is 2. The number of aromatic nitrogens is 1. The van der Waals surface area contributed by atoms with Crippen LogP contribution in [0, 0.1) is 0 Å². The maximum atomic E-state index is 13.9. The van der Waals surface area contributed by atoms with Crippen molar-refractivity contribution in [3.63, 3.8) is 0 Å². The zero-order valence-corrected chi connectivity index (χ0v) is 24.7. The second-order valence-electron chi connectivity index (χ2n) is 9.65. The molecule has 0 radical (unpaired) electrons. The predicted octanol–water partition coefficient (Wildman–Crippen LogP) is 4.77. The monoisotopic (exact) mass is 564 g/mol. The molecular weight excluding hydrogens is 528 g/mol. The second kappa shape index (κ2) is 13.0. The Morgan fingerprint density at radius 1 is 1.15 bits per heavy atom. The summed E-state index contributed by atoms with van der Waals surface area (Å²) in [5, 5.41) is 0. The van der Waals surface area contributed by atoms with Crippen LogP contribution in [0.3, 0.4) is 0 Å². The predicted molar refractivity (Wildman–Crippen MR) is 156 cm³/mol. The molecule has 0 saturated heterocycles. The third-order valence-corrected chi connectivity index (χ3v) is 7.29. The Hall–Kier alpha value is -3.85. The normalized spacial score (nSPS) is 15.1. The highest BCUT2D eigenvalue weighted by molar-refractivity contribution is 7.07. The molecule has 4 rings (SSSR count). The Bertz CT molecular complexity index is 1580. The van der Waals surface area contributed by atoms with Gasteiger partial charge in [0.2, 0.25) is 0 Å². The van der Waals surface area contributed by atoms with Crippen LogP contribution in [0.4, 0.5) is 0 Å². The van der Waals surface area contributed by atoms with Crippen molar-refractivity contribution in [3.05, 3.63) is 84.5 Å². The maximum Gasteiger partial charge on any atom is 0.338 e. The minimum atomic E-state index is -0.747. The number of carbonyl (C=O) groups excluding carboxylic acids is 1. The molecule has 0 saturated carbocycles. The molecule has 8 nitrogen and oxygen atoms in total. The average molecular weight is 565 g/mol. The lowest BCUT2D eigenvalue weighted by Crippen LogP contribution is -2.40. The molecule has 1 aromatic heterocycles. The lowest BCUT2D eigenvalue weighted by Gasteiger charge is -2.25. The van der Waals surface area contributed by atoms with Crippen molar-refractivity contribution < 1.29 is 23.7 Å². The number of thiazole rings is 1. The maximum absolute atomic E-state index is 13.9. The molecule has 0 amide bonds. The molecular formula is C31H36N2O6S. The summed E-state index contributed by atoms with van der Waals surface area (Å²) >= 11 is 1.28. The number of hydrogen-bond donors (Lipinski definition) is 0. The molecule has 40 heavy (non-hydrogen) atoms. The van der Waals surface area contributed by atoms with Crippen molar-refractivity contribution in [2.24, 2.45) is 4.99 Å². The van der Waals surface area contributed by atoms with E-state index in [-0.39, 0.29) is 18.3 Å². The van der Waals surface area contributed by atoms with Gasteiger partial charge in [0.1, 0.15) is 5.75 Å². The lowest BCUT2D eigenvalue weighted by atomic mass is 9.95. The van der Waals surface area contributed by atoms with Crippen LogP contribution < -0.4 is 29.1 Å². The number of esters is 1. The topological polar surface area (TPSA) is 88.3 Å². The number of unbranched alkanes of at least 4 members (excludes halogenated alkanes) is 1. The Kier molecular flexibility index (Phi) is 9.47.